The Labute approximate surface area is 162 Å². The highest BCUT2D eigenvalue weighted by molar-refractivity contribution is 6.32. The lowest BCUT2D eigenvalue weighted by Crippen LogP contribution is -2.12. The van der Waals surface area contributed by atoms with Crippen LogP contribution in [0.25, 0.3) is 45.2 Å². The Hall–Kier alpha value is -2.29. The minimum atomic E-state index is 0.734. The van der Waals surface area contributed by atoms with Gasteiger partial charge in [0.1, 0.15) is 5.65 Å². The maximum Gasteiger partial charge on any atom is 0.146 e. The predicted octanol–water partition coefficient (Wildman–Crippen LogP) is 6.36. The average Bonchev–Trinajstić information content (AvgIpc) is 2.93. The van der Waals surface area contributed by atoms with Crippen molar-refractivity contribution >= 4 is 68.4 Å². The van der Waals surface area contributed by atoms with Crippen LogP contribution < -0.4 is 5.35 Å². The third-order valence-corrected chi connectivity index (χ3v) is 5.63. The van der Waals surface area contributed by atoms with E-state index in [-0.39, 0.29) is 0 Å². The van der Waals surface area contributed by atoms with Crippen LogP contribution in [0.3, 0.4) is 0 Å². The molecule has 2 aromatic heterocycles. The second kappa shape index (κ2) is 6.15. The largest absolute Gasteiger partial charge is 0.294 e. The van der Waals surface area contributed by atoms with Crippen molar-refractivity contribution in [3.05, 3.63) is 63.4 Å². The second-order valence-corrected chi connectivity index (χ2v) is 7.36. The molecule has 0 aliphatic carbocycles. The molecule has 0 unspecified atom stereocenters. The topological polar surface area (TPSA) is 17.3 Å². The number of nitrogens with zero attached hydrogens (tertiary/aromatic N) is 2. The Morgan fingerprint density at radius 1 is 1.08 bits per heavy atom. The summed E-state index contributed by atoms with van der Waals surface area (Å²) in [4.78, 5) is 4.98. The van der Waals surface area contributed by atoms with Gasteiger partial charge in [0.25, 0.3) is 0 Å². The van der Waals surface area contributed by atoms with Crippen LogP contribution in [-0.2, 0) is 0 Å². The first-order valence-electron chi connectivity index (χ1n) is 8.41. The maximum absolute atomic E-state index is 6.35. The van der Waals surface area contributed by atoms with Gasteiger partial charge in [-0.05, 0) is 49.4 Å². The van der Waals surface area contributed by atoms with Crippen molar-refractivity contribution in [3.8, 4) is 0 Å². The molecule has 0 amide bonds. The van der Waals surface area contributed by atoms with Crippen LogP contribution in [-0.4, -0.2) is 9.38 Å². The summed E-state index contributed by atoms with van der Waals surface area (Å²) in [6.07, 6.45) is 0. The van der Waals surface area contributed by atoms with Crippen molar-refractivity contribution in [1.29, 1.82) is 0 Å². The number of aromatic nitrogens is 2. The van der Waals surface area contributed by atoms with E-state index in [1.54, 1.807) is 5.54 Å². The van der Waals surface area contributed by atoms with Crippen LogP contribution in [0.2, 0.25) is 0 Å². The Morgan fingerprint density at radius 2 is 1.77 bits per heavy atom. The lowest BCUT2D eigenvalue weighted by molar-refractivity contribution is 1.17. The lowest BCUT2D eigenvalue weighted by Gasteiger charge is -2.09. The molecule has 0 aliphatic heterocycles. The number of rotatable bonds is 2. The standard InChI is InChI=1S/C22H18Cl2N2/c1-12(11-23)19-20(13(2)14(3)24)15(4)26-18-10-6-8-16-7-5-9-17(21(16)18)25-22(19)26/h5-11H,4H2,1-3H3/b12-11+,14-13+. The summed E-state index contributed by atoms with van der Waals surface area (Å²) in [5, 5.41) is 3.90. The van der Waals surface area contributed by atoms with E-state index in [2.05, 4.69) is 35.2 Å². The van der Waals surface area contributed by atoms with E-state index in [1.807, 2.05) is 32.9 Å². The number of hydrogen-bond acceptors (Lipinski definition) is 1. The van der Waals surface area contributed by atoms with Crippen molar-refractivity contribution in [2.24, 2.45) is 0 Å². The third-order valence-electron chi connectivity index (χ3n) is 5.02. The van der Waals surface area contributed by atoms with Crippen LogP contribution >= 0.6 is 23.2 Å². The van der Waals surface area contributed by atoms with Crippen LogP contribution in [0.4, 0.5) is 0 Å². The van der Waals surface area contributed by atoms with Gasteiger partial charge in [-0.15, -0.1) is 0 Å². The van der Waals surface area contributed by atoms with Crippen LogP contribution in [0.5, 0.6) is 0 Å². The zero-order valence-corrected chi connectivity index (χ0v) is 16.4. The normalized spacial score (nSPS) is 13.8. The van der Waals surface area contributed by atoms with Crippen LogP contribution in [0.1, 0.15) is 31.9 Å². The fourth-order valence-corrected chi connectivity index (χ4v) is 3.88. The summed E-state index contributed by atoms with van der Waals surface area (Å²) in [6, 6.07) is 12.5. The van der Waals surface area contributed by atoms with E-state index in [9.17, 15) is 0 Å². The van der Waals surface area contributed by atoms with Gasteiger partial charge < -0.3 is 0 Å². The van der Waals surface area contributed by atoms with Crippen molar-refractivity contribution in [2.45, 2.75) is 20.8 Å². The summed E-state index contributed by atoms with van der Waals surface area (Å²) in [5.74, 6) is 0. The molecule has 0 bridgehead atoms. The lowest BCUT2D eigenvalue weighted by atomic mass is 10.00. The van der Waals surface area contributed by atoms with Crippen LogP contribution in [0, 0.1) is 0 Å². The minimum absolute atomic E-state index is 0.734. The Kier molecular flexibility index (Phi) is 4.06. The highest BCUT2D eigenvalue weighted by atomic mass is 35.5. The van der Waals surface area contributed by atoms with Gasteiger partial charge in [-0.2, -0.15) is 0 Å². The molecule has 0 fully saturated rings. The van der Waals surface area contributed by atoms with Crippen molar-refractivity contribution in [2.75, 3.05) is 0 Å². The molecular weight excluding hydrogens is 363 g/mol. The minimum Gasteiger partial charge on any atom is -0.294 e. The van der Waals surface area contributed by atoms with E-state index in [0.29, 0.717) is 0 Å². The van der Waals surface area contributed by atoms with Gasteiger partial charge in [0.2, 0.25) is 0 Å². The molecular formula is C22H18Cl2N2. The first-order chi connectivity index (χ1) is 12.5. The van der Waals surface area contributed by atoms with Crippen molar-refractivity contribution in [1.82, 2.24) is 9.38 Å². The zero-order chi connectivity index (χ0) is 18.6. The van der Waals surface area contributed by atoms with Gasteiger partial charge in [0, 0.05) is 32.4 Å². The summed E-state index contributed by atoms with van der Waals surface area (Å²) < 4.78 is 2.12. The van der Waals surface area contributed by atoms with E-state index in [4.69, 9.17) is 28.2 Å². The Bertz CT molecular complexity index is 1280. The summed E-state index contributed by atoms with van der Waals surface area (Å²) >= 11 is 12.4. The molecule has 4 aromatic rings. The SMILES string of the molecule is C=c1c(/C(C)=C(\C)Cl)c(/C(C)=C/Cl)c2nc3cccc4cccc(c43)n12. The van der Waals surface area contributed by atoms with Gasteiger partial charge in [-0.25, -0.2) is 4.98 Å². The monoisotopic (exact) mass is 380 g/mol. The van der Waals surface area contributed by atoms with E-state index in [0.717, 1.165) is 60.1 Å². The molecule has 0 saturated heterocycles. The van der Waals surface area contributed by atoms with Crippen molar-refractivity contribution in [3.63, 3.8) is 0 Å². The quantitative estimate of drug-likeness (QED) is 0.395. The molecule has 4 heteroatoms. The Morgan fingerprint density at radius 3 is 2.42 bits per heavy atom. The van der Waals surface area contributed by atoms with Gasteiger partial charge >= 0.3 is 0 Å². The van der Waals surface area contributed by atoms with Gasteiger partial charge in [-0.3, -0.25) is 4.40 Å². The summed E-state index contributed by atoms with van der Waals surface area (Å²) in [7, 11) is 0. The molecule has 0 aliphatic rings. The maximum atomic E-state index is 6.35. The molecule has 2 heterocycles. The molecule has 0 spiro atoms. The highest BCUT2D eigenvalue weighted by Crippen LogP contribution is 2.33. The van der Waals surface area contributed by atoms with Crippen LogP contribution in [0.15, 0.2) is 47.0 Å². The first-order valence-corrected chi connectivity index (χ1v) is 9.22. The third kappa shape index (κ3) is 2.29. The van der Waals surface area contributed by atoms with Gasteiger partial charge in [0.15, 0.2) is 0 Å². The molecule has 26 heavy (non-hydrogen) atoms. The van der Waals surface area contributed by atoms with E-state index in [1.165, 1.54) is 0 Å². The molecule has 130 valence electrons. The molecule has 0 saturated carbocycles. The Balaban J connectivity index is 2.37. The molecule has 0 atom stereocenters. The number of allylic oxidation sites excluding steroid dienone is 3. The highest BCUT2D eigenvalue weighted by Gasteiger charge is 2.20. The average molecular weight is 381 g/mol. The summed E-state index contributed by atoms with van der Waals surface area (Å²) in [6.45, 7) is 10.3. The number of hydrogen-bond donors (Lipinski definition) is 0. The zero-order valence-electron chi connectivity index (χ0n) is 14.9. The first kappa shape index (κ1) is 17.1. The molecule has 2 nitrogen and oxygen atoms in total. The fraction of sp³-hybridized carbons (Fsp3) is 0.136. The molecule has 4 rings (SSSR count). The molecule has 0 radical (unpaired) electrons. The van der Waals surface area contributed by atoms with Gasteiger partial charge in [0.05, 0.1) is 11.0 Å². The second-order valence-electron chi connectivity index (χ2n) is 6.57. The predicted molar refractivity (Wildman–Crippen MR) is 115 cm³/mol. The number of fused-ring (bicyclic) bond motifs is 2. The van der Waals surface area contributed by atoms with E-state index >= 15 is 0 Å². The summed E-state index contributed by atoms with van der Waals surface area (Å²) in [5.41, 5.74) is 8.38. The van der Waals surface area contributed by atoms with Gasteiger partial charge in [-0.1, -0.05) is 54.0 Å². The number of halogens is 2. The fourth-order valence-electron chi connectivity index (χ4n) is 3.67. The molecule has 0 N–H and O–H groups in total. The van der Waals surface area contributed by atoms with Crippen molar-refractivity contribution < 1.29 is 0 Å². The smallest absolute Gasteiger partial charge is 0.146 e. The molecule has 2 aromatic carbocycles. The van der Waals surface area contributed by atoms with E-state index < -0.39 is 0 Å². The number of benzene rings is 2.